The van der Waals surface area contributed by atoms with Crippen LogP contribution in [0.3, 0.4) is 0 Å². The number of ether oxygens (including phenoxy) is 1. The van der Waals surface area contributed by atoms with Gasteiger partial charge in [0.2, 0.25) is 0 Å². The van der Waals surface area contributed by atoms with Crippen LogP contribution in [-0.4, -0.2) is 42.1 Å². The molecule has 4 heteroatoms. The van der Waals surface area contributed by atoms with Crippen LogP contribution in [0.15, 0.2) is 24.4 Å². The second-order valence-electron chi connectivity index (χ2n) is 5.55. The third kappa shape index (κ3) is 4.03. The Morgan fingerprint density at radius 3 is 2.95 bits per heavy atom. The first-order valence-corrected chi connectivity index (χ1v) is 6.95. The van der Waals surface area contributed by atoms with Gasteiger partial charge in [0.05, 0.1) is 6.61 Å². The predicted octanol–water partition coefficient (Wildman–Crippen LogP) is 2.22. The van der Waals surface area contributed by atoms with E-state index >= 15 is 0 Å². The van der Waals surface area contributed by atoms with Gasteiger partial charge in [-0.05, 0) is 24.5 Å². The van der Waals surface area contributed by atoms with Crippen LogP contribution in [0.25, 0.3) is 0 Å². The van der Waals surface area contributed by atoms with Gasteiger partial charge in [-0.1, -0.05) is 19.9 Å². The van der Waals surface area contributed by atoms with Crippen LogP contribution >= 0.6 is 0 Å². The Hall–Kier alpha value is -1.42. The number of carbonyl (C=O) groups excluding carboxylic acids is 1. The fourth-order valence-corrected chi connectivity index (χ4v) is 2.37. The molecule has 1 fully saturated rings. The van der Waals surface area contributed by atoms with E-state index in [4.69, 9.17) is 4.74 Å². The van der Waals surface area contributed by atoms with Gasteiger partial charge >= 0.3 is 0 Å². The van der Waals surface area contributed by atoms with Crippen molar-refractivity contribution in [2.24, 2.45) is 11.8 Å². The van der Waals surface area contributed by atoms with Crippen LogP contribution in [0, 0.1) is 11.8 Å². The lowest BCUT2D eigenvalue weighted by Gasteiger charge is -2.26. The average molecular weight is 262 g/mol. The number of rotatable bonds is 5. The molecule has 1 amide bonds. The number of carbonyl (C=O) groups is 1. The number of amides is 1. The van der Waals surface area contributed by atoms with Gasteiger partial charge in [0.25, 0.3) is 5.91 Å². The van der Waals surface area contributed by atoms with E-state index in [1.807, 2.05) is 17.0 Å². The Balaban J connectivity index is 2.05. The maximum atomic E-state index is 12.5. The van der Waals surface area contributed by atoms with E-state index in [9.17, 15) is 4.79 Å². The van der Waals surface area contributed by atoms with Crippen LogP contribution in [0.2, 0.25) is 0 Å². The monoisotopic (exact) mass is 262 g/mol. The van der Waals surface area contributed by atoms with E-state index in [0.717, 1.165) is 32.7 Å². The van der Waals surface area contributed by atoms with E-state index < -0.39 is 0 Å². The highest BCUT2D eigenvalue weighted by molar-refractivity contribution is 5.92. The van der Waals surface area contributed by atoms with Crippen LogP contribution < -0.4 is 0 Å². The molecule has 1 aromatic heterocycles. The number of pyridine rings is 1. The zero-order chi connectivity index (χ0) is 13.7. The van der Waals surface area contributed by atoms with Crippen molar-refractivity contribution in [3.05, 3.63) is 30.1 Å². The molecule has 0 radical (unpaired) electrons. The van der Waals surface area contributed by atoms with Gasteiger partial charge in [-0.15, -0.1) is 0 Å². The average Bonchev–Trinajstić information content (AvgIpc) is 2.90. The van der Waals surface area contributed by atoms with E-state index in [0.29, 0.717) is 17.5 Å². The lowest BCUT2D eigenvalue weighted by molar-refractivity contribution is 0.0692. The van der Waals surface area contributed by atoms with Crippen molar-refractivity contribution in [1.29, 1.82) is 0 Å². The molecule has 104 valence electrons. The SMILES string of the molecule is CC(C)CN(C[C@@H]1CCOC1)C(=O)c1ccccn1. The molecule has 4 nitrogen and oxygen atoms in total. The molecule has 1 atom stereocenters. The summed E-state index contributed by atoms with van der Waals surface area (Å²) < 4.78 is 5.39. The fraction of sp³-hybridized carbons (Fsp3) is 0.600. The maximum Gasteiger partial charge on any atom is 0.272 e. The summed E-state index contributed by atoms with van der Waals surface area (Å²) in [7, 11) is 0. The molecule has 2 heterocycles. The number of nitrogens with zero attached hydrogens (tertiary/aromatic N) is 2. The van der Waals surface area contributed by atoms with Crippen molar-refractivity contribution in [2.75, 3.05) is 26.3 Å². The lowest BCUT2D eigenvalue weighted by Crippen LogP contribution is -2.38. The van der Waals surface area contributed by atoms with Crippen molar-refractivity contribution in [3.8, 4) is 0 Å². The van der Waals surface area contributed by atoms with Gasteiger partial charge in [-0.2, -0.15) is 0 Å². The van der Waals surface area contributed by atoms with Gasteiger partial charge in [-0.3, -0.25) is 9.78 Å². The first kappa shape index (κ1) is 14.0. The third-order valence-electron chi connectivity index (χ3n) is 3.26. The third-order valence-corrected chi connectivity index (χ3v) is 3.26. The summed E-state index contributed by atoms with van der Waals surface area (Å²) in [6.07, 6.45) is 2.71. The highest BCUT2D eigenvalue weighted by Gasteiger charge is 2.24. The van der Waals surface area contributed by atoms with Crippen molar-refractivity contribution in [3.63, 3.8) is 0 Å². The molecule has 2 rings (SSSR count). The molecule has 0 bridgehead atoms. The second-order valence-corrected chi connectivity index (χ2v) is 5.55. The van der Waals surface area contributed by atoms with Crippen molar-refractivity contribution >= 4 is 5.91 Å². The molecule has 19 heavy (non-hydrogen) atoms. The Morgan fingerprint density at radius 1 is 1.53 bits per heavy atom. The summed E-state index contributed by atoms with van der Waals surface area (Å²) in [5, 5.41) is 0. The number of hydrogen-bond donors (Lipinski definition) is 0. The normalized spacial score (nSPS) is 18.8. The summed E-state index contributed by atoms with van der Waals surface area (Å²) in [5.74, 6) is 0.947. The lowest BCUT2D eigenvalue weighted by atomic mass is 10.1. The van der Waals surface area contributed by atoms with Crippen LogP contribution in [-0.2, 0) is 4.74 Å². The van der Waals surface area contributed by atoms with Gasteiger partial charge in [0, 0.05) is 31.8 Å². The molecular weight excluding hydrogens is 240 g/mol. The molecule has 1 aliphatic heterocycles. The van der Waals surface area contributed by atoms with Gasteiger partial charge in [0.15, 0.2) is 0 Å². The molecule has 0 spiro atoms. The quantitative estimate of drug-likeness (QED) is 0.817. The largest absolute Gasteiger partial charge is 0.381 e. The topological polar surface area (TPSA) is 42.4 Å². The van der Waals surface area contributed by atoms with E-state index in [-0.39, 0.29) is 5.91 Å². The fourth-order valence-electron chi connectivity index (χ4n) is 2.37. The molecule has 1 aromatic rings. The summed E-state index contributed by atoms with van der Waals surface area (Å²) in [5.41, 5.74) is 0.530. The minimum Gasteiger partial charge on any atom is -0.381 e. The highest BCUT2D eigenvalue weighted by Crippen LogP contribution is 2.16. The van der Waals surface area contributed by atoms with Crippen LogP contribution in [0.1, 0.15) is 30.8 Å². The summed E-state index contributed by atoms with van der Waals surface area (Å²) in [4.78, 5) is 18.6. The van der Waals surface area contributed by atoms with Crippen LogP contribution in [0.5, 0.6) is 0 Å². The molecular formula is C15H22N2O2. The van der Waals surface area contributed by atoms with Crippen molar-refractivity contribution in [1.82, 2.24) is 9.88 Å². The van der Waals surface area contributed by atoms with E-state index in [1.54, 1.807) is 12.3 Å². The molecule has 0 N–H and O–H groups in total. The summed E-state index contributed by atoms with van der Waals surface area (Å²) in [6, 6.07) is 5.46. The molecule has 0 aliphatic carbocycles. The van der Waals surface area contributed by atoms with E-state index in [1.165, 1.54) is 0 Å². The Kier molecular flexibility index (Phi) is 4.91. The molecule has 1 saturated heterocycles. The zero-order valence-corrected chi connectivity index (χ0v) is 11.7. The minimum atomic E-state index is 0.0289. The molecule has 0 aromatic carbocycles. The molecule has 0 unspecified atom stereocenters. The number of aromatic nitrogens is 1. The minimum absolute atomic E-state index is 0.0289. The summed E-state index contributed by atoms with van der Waals surface area (Å²) in [6.45, 7) is 7.38. The number of hydrogen-bond acceptors (Lipinski definition) is 3. The van der Waals surface area contributed by atoms with Gasteiger partial charge in [-0.25, -0.2) is 0 Å². The second kappa shape index (κ2) is 6.66. The maximum absolute atomic E-state index is 12.5. The van der Waals surface area contributed by atoms with Crippen molar-refractivity contribution < 1.29 is 9.53 Å². The smallest absolute Gasteiger partial charge is 0.272 e. The first-order chi connectivity index (χ1) is 9.16. The Morgan fingerprint density at radius 2 is 2.37 bits per heavy atom. The Labute approximate surface area is 114 Å². The van der Waals surface area contributed by atoms with Gasteiger partial charge < -0.3 is 9.64 Å². The van der Waals surface area contributed by atoms with E-state index in [2.05, 4.69) is 18.8 Å². The standard InChI is InChI=1S/C15H22N2O2/c1-12(2)9-17(10-13-6-8-19-11-13)15(18)14-5-3-4-7-16-14/h3-5,7,12-13H,6,8-11H2,1-2H3/t13-/m0/s1. The zero-order valence-electron chi connectivity index (χ0n) is 11.7. The first-order valence-electron chi connectivity index (χ1n) is 6.95. The highest BCUT2D eigenvalue weighted by atomic mass is 16.5. The summed E-state index contributed by atoms with van der Waals surface area (Å²) >= 11 is 0. The van der Waals surface area contributed by atoms with Crippen molar-refractivity contribution in [2.45, 2.75) is 20.3 Å². The van der Waals surface area contributed by atoms with Crippen LogP contribution in [0.4, 0.5) is 0 Å². The van der Waals surface area contributed by atoms with Gasteiger partial charge in [0.1, 0.15) is 5.69 Å². The molecule has 0 saturated carbocycles. The Bertz CT molecular complexity index is 400. The predicted molar refractivity (Wildman–Crippen MR) is 73.9 cm³/mol. The molecule has 1 aliphatic rings.